The van der Waals surface area contributed by atoms with Crippen LogP contribution < -0.4 is 10.6 Å². The van der Waals surface area contributed by atoms with Crippen LogP contribution >= 0.6 is 0 Å². The van der Waals surface area contributed by atoms with Crippen LogP contribution in [0.25, 0.3) is 0 Å². The van der Waals surface area contributed by atoms with E-state index in [0.29, 0.717) is 0 Å². The molecule has 0 atom stereocenters. The molecule has 2 N–H and O–H groups in total. The molecule has 0 spiro atoms. The van der Waals surface area contributed by atoms with Gasteiger partial charge in [0.05, 0.1) is 10.5 Å². The number of carbonyl (C=O) groups is 3. The molecule has 136 valence electrons. The summed E-state index contributed by atoms with van der Waals surface area (Å²) < 4.78 is 29.6. The second-order valence-electron chi connectivity index (χ2n) is 4.93. The molecule has 1 rings (SSSR count). The molecule has 25 heavy (non-hydrogen) atoms. The number of rotatable bonds is 7. The average molecular weight is 369 g/mol. The number of nitrogens with one attached hydrogen (secondary N) is 2. The van der Waals surface area contributed by atoms with Crippen LogP contribution in [0, 0.1) is 0 Å². The van der Waals surface area contributed by atoms with Gasteiger partial charge < -0.3 is 10.1 Å². The molecule has 0 aliphatic rings. The lowest BCUT2D eigenvalue weighted by atomic mass is 10.2. The fraction of sp³-hybridized carbons (Fsp3) is 0.267. The first-order valence-corrected chi connectivity index (χ1v) is 8.50. The predicted octanol–water partition coefficient (Wildman–Crippen LogP) is 0.106. The van der Waals surface area contributed by atoms with Gasteiger partial charge in [-0.25, -0.2) is 22.3 Å². The molecule has 0 heterocycles. The van der Waals surface area contributed by atoms with Crippen LogP contribution in [0.5, 0.6) is 0 Å². The molecule has 0 fully saturated rings. The number of esters is 1. The van der Waals surface area contributed by atoms with Gasteiger partial charge in [0.25, 0.3) is 5.91 Å². The summed E-state index contributed by atoms with van der Waals surface area (Å²) >= 11 is 0. The lowest BCUT2D eigenvalue weighted by Gasteiger charge is -2.11. The zero-order valence-electron chi connectivity index (χ0n) is 13.8. The Labute approximate surface area is 145 Å². The quantitative estimate of drug-likeness (QED) is 0.519. The van der Waals surface area contributed by atoms with Crippen molar-refractivity contribution in [2.75, 3.05) is 27.2 Å². The van der Waals surface area contributed by atoms with E-state index in [0.717, 1.165) is 4.31 Å². The summed E-state index contributed by atoms with van der Waals surface area (Å²) in [6.45, 7) is 2.93. The summed E-state index contributed by atoms with van der Waals surface area (Å²) in [5.41, 5.74) is 0.0709. The number of amides is 3. The van der Waals surface area contributed by atoms with Crippen molar-refractivity contribution in [2.24, 2.45) is 0 Å². The minimum absolute atomic E-state index is 0.0192. The van der Waals surface area contributed by atoms with Crippen LogP contribution in [-0.2, 0) is 19.6 Å². The van der Waals surface area contributed by atoms with E-state index in [-0.39, 0.29) is 17.0 Å². The van der Waals surface area contributed by atoms with E-state index in [4.69, 9.17) is 4.74 Å². The van der Waals surface area contributed by atoms with Crippen molar-refractivity contribution in [3.8, 4) is 0 Å². The number of imide groups is 1. The monoisotopic (exact) mass is 369 g/mol. The molecule has 10 heteroatoms. The van der Waals surface area contributed by atoms with Gasteiger partial charge in [0.1, 0.15) is 0 Å². The maximum Gasteiger partial charge on any atom is 0.338 e. The highest BCUT2D eigenvalue weighted by atomic mass is 32.2. The second kappa shape index (κ2) is 8.94. The zero-order chi connectivity index (χ0) is 19.0. The van der Waals surface area contributed by atoms with E-state index < -0.39 is 34.5 Å². The molecule has 0 aliphatic heterocycles. The summed E-state index contributed by atoms with van der Waals surface area (Å²) in [4.78, 5) is 34.5. The minimum atomic E-state index is -3.60. The van der Waals surface area contributed by atoms with Gasteiger partial charge >= 0.3 is 12.0 Å². The lowest BCUT2D eigenvalue weighted by Crippen LogP contribution is -2.41. The van der Waals surface area contributed by atoms with E-state index in [2.05, 4.69) is 11.9 Å². The maximum atomic E-state index is 11.9. The molecule has 0 bridgehead atoms. The maximum absolute atomic E-state index is 11.9. The first kappa shape index (κ1) is 20.3. The molecule has 9 nitrogen and oxygen atoms in total. The first-order valence-electron chi connectivity index (χ1n) is 7.06. The standard InChI is InChI=1S/C15H19N3O6S/c1-4-9-16-15(21)17-13(19)10-24-14(20)11-5-7-12(8-6-11)25(22,23)18(2)3/h4-8H,1,9-10H2,2-3H3,(H2,16,17,19,21). The van der Waals surface area contributed by atoms with Crippen molar-refractivity contribution in [3.63, 3.8) is 0 Å². The van der Waals surface area contributed by atoms with Gasteiger partial charge in [-0.3, -0.25) is 10.1 Å². The predicted molar refractivity (Wildman–Crippen MR) is 89.3 cm³/mol. The second-order valence-corrected chi connectivity index (χ2v) is 7.09. The minimum Gasteiger partial charge on any atom is -0.452 e. The van der Waals surface area contributed by atoms with E-state index in [9.17, 15) is 22.8 Å². The molecule has 0 saturated heterocycles. The van der Waals surface area contributed by atoms with E-state index in [1.807, 2.05) is 5.32 Å². The number of hydrogen-bond acceptors (Lipinski definition) is 6. The summed E-state index contributed by atoms with van der Waals surface area (Å²) in [7, 11) is -0.820. The highest BCUT2D eigenvalue weighted by Gasteiger charge is 2.18. The average Bonchev–Trinajstić information content (AvgIpc) is 2.57. The van der Waals surface area contributed by atoms with E-state index in [1.54, 1.807) is 0 Å². The Morgan fingerprint density at radius 3 is 2.32 bits per heavy atom. The third kappa shape index (κ3) is 6.01. The fourth-order valence-electron chi connectivity index (χ4n) is 1.56. The summed E-state index contributed by atoms with van der Waals surface area (Å²) in [6, 6.07) is 4.32. The van der Waals surface area contributed by atoms with Crippen molar-refractivity contribution in [3.05, 3.63) is 42.5 Å². The molecule has 0 aromatic heterocycles. The van der Waals surface area contributed by atoms with Crippen molar-refractivity contribution in [2.45, 2.75) is 4.90 Å². The molecular weight excluding hydrogens is 350 g/mol. The Bertz CT molecular complexity index is 756. The normalized spacial score (nSPS) is 10.8. The number of hydrogen-bond donors (Lipinski definition) is 2. The number of sulfonamides is 1. The van der Waals surface area contributed by atoms with Gasteiger partial charge in [-0.2, -0.15) is 0 Å². The van der Waals surface area contributed by atoms with Crippen LogP contribution in [0.2, 0.25) is 0 Å². The third-order valence-corrected chi connectivity index (χ3v) is 4.69. The Morgan fingerprint density at radius 2 is 1.80 bits per heavy atom. The fourth-order valence-corrected chi connectivity index (χ4v) is 2.46. The van der Waals surface area contributed by atoms with Crippen LogP contribution in [0.1, 0.15) is 10.4 Å². The molecule has 0 saturated carbocycles. The van der Waals surface area contributed by atoms with Crippen molar-refractivity contribution < 1.29 is 27.5 Å². The van der Waals surface area contributed by atoms with Crippen LogP contribution in [0.15, 0.2) is 41.8 Å². The van der Waals surface area contributed by atoms with E-state index in [1.165, 1.54) is 44.4 Å². The molecule has 0 aliphatic carbocycles. The summed E-state index contributed by atoms with van der Waals surface area (Å²) in [6.07, 6.45) is 1.43. The Kier molecular flexibility index (Phi) is 7.27. The number of carbonyl (C=O) groups excluding carboxylic acids is 3. The van der Waals surface area contributed by atoms with Gasteiger partial charge in [0, 0.05) is 20.6 Å². The topological polar surface area (TPSA) is 122 Å². The van der Waals surface area contributed by atoms with Crippen LogP contribution in [0.4, 0.5) is 4.79 Å². The number of nitrogens with zero attached hydrogens (tertiary/aromatic N) is 1. The summed E-state index contributed by atoms with van der Waals surface area (Å²) in [5, 5.41) is 4.29. The Morgan fingerprint density at radius 1 is 1.20 bits per heavy atom. The molecule has 3 amide bonds. The first-order chi connectivity index (χ1) is 11.7. The van der Waals surface area contributed by atoms with Gasteiger partial charge in [0.2, 0.25) is 10.0 Å². The van der Waals surface area contributed by atoms with Crippen molar-refractivity contribution in [1.82, 2.24) is 14.9 Å². The zero-order valence-corrected chi connectivity index (χ0v) is 14.6. The van der Waals surface area contributed by atoms with Gasteiger partial charge in [-0.1, -0.05) is 6.08 Å². The smallest absolute Gasteiger partial charge is 0.338 e. The molecule has 1 aromatic rings. The van der Waals surface area contributed by atoms with Crippen LogP contribution in [0.3, 0.4) is 0 Å². The Balaban J connectivity index is 2.60. The number of ether oxygens (including phenoxy) is 1. The van der Waals surface area contributed by atoms with Gasteiger partial charge in [-0.15, -0.1) is 6.58 Å². The Hall–Kier alpha value is -2.72. The molecule has 1 aromatic carbocycles. The SMILES string of the molecule is C=CCNC(=O)NC(=O)COC(=O)c1ccc(S(=O)(=O)N(C)C)cc1. The number of benzene rings is 1. The number of urea groups is 1. The van der Waals surface area contributed by atoms with Gasteiger partial charge in [0.15, 0.2) is 6.61 Å². The highest BCUT2D eigenvalue weighted by molar-refractivity contribution is 7.89. The van der Waals surface area contributed by atoms with Gasteiger partial charge in [-0.05, 0) is 24.3 Å². The lowest BCUT2D eigenvalue weighted by molar-refractivity contribution is -0.123. The summed E-state index contributed by atoms with van der Waals surface area (Å²) in [5.74, 6) is -1.63. The van der Waals surface area contributed by atoms with Crippen LogP contribution in [-0.4, -0.2) is 57.9 Å². The van der Waals surface area contributed by atoms with E-state index >= 15 is 0 Å². The molecular formula is C15H19N3O6S. The third-order valence-electron chi connectivity index (χ3n) is 2.86. The highest BCUT2D eigenvalue weighted by Crippen LogP contribution is 2.14. The molecule has 0 unspecified atom stereocenters. The van der Waals surface area contributed by atoms with Crippen molar-refractivity contribution in [1.29, 1.82) is 0 Å². The molecule has 0 radical (unpaired) electrons. The van der Waals surface area contributed by atoms with Crippen molar-refractivity contribution >= 4 is 27.9 Å². The largest absolute Gasteiger partial charge is 0.452 e.